The SMILES string of the molecule is CN(C)CC(N)Cc1ccccc1.CN(C)C[C@H](N)Cc1ccccc1. The molecule has 0 heterocycles. The molecule has 4 heteroatoms. The van der Waals surface area contributed by atoms with Crippen LogP contribution in [0.25, 0.3) is 0 Å². The fourth-order valence-electron chi connectivity index (χ4n) is 2.90. The lowest BCUT2D eigenvalue weighted by Gasteiger charge is -2.16. The minimum atomic E-state index is 0.234. The van der Waals surface area contributed by atoms with Gasteiger partial charge in [-0.2, -0.15) is 0 Å². The normalized spacial score (nSPS) is 13.2. The number of likely N-dealkylation sites (N-methyl/N-ethyl adjacent to an activating group) is 2. The van der Waals surface area contributed by atoms with Crippen LogP contribution < -0.4 is 11.5 Å². The van der Waals surface area contributed by atoms with Crippen LogP contribution in [0, 0.1) is 0 Å². The second-order valence-electron chi connectivity index (χ2n) is 7.42. The highest BCUT2D eigenvalue weighted by Gasteiger charge is 2.05. The van der Waals surface area contributed by atoms with Crippen LogP contribution in [0.15, 0.2) is 60.7 Å². The van der Waals surface area contributed by atoms with Crippen LogP contribution in [0.3, 0.4) is 0 Å². The lowest BCUT2D eigenvalue weighted by Crippen LogP contribution is -2.34. The quantitative estimate of drug-likeness (QED) is 0.762. The fraction of sp³-hybridized carbons (Fsp3) is 0.455. The topological polar surface area (TPSA) is 58.5 Å². The minimum Gasteiger partial charge on any atom is -0.326 e. The van der Waals surface area contributed by atoms with Crippen LogP contribution in [-0.4, -0.2) is 63.2 Å². The van der Waals surface area contributed by atoms with Gasteiger partial charge in [0.1, 0.15) is 0 Å². The summed E-state index contributed by atoms with van der Waals surface area (Å²) in [5.41, 5.74) is 14.6. The lowest BCUT2D eigenvalue weighted by atomic mass is 10.1. The minimum absolute atomic E-state index is 0.234. The van der Waals surface area contributed by atoms with Crippen LogP contribution in [0.1, 0.15) is 11.1 Å². The smallest absolute Gasteiger partial charge is 0.0208 e. The van der Waals surface area contributed by atoms with Gasteiger partial charge in [0.15, 0.2) is 0 Å². The van der Waals surface area contributed by atoms with Crippen molar-refractivity contribution in [3.63, 3.8) is 0 Å². The highest BCUT2D eigenvalue weighted by Crippen LogP contribution is 2.02. The molecule has 0 amide bonds. The Balaban J connectivity index is 0.000000260. The van der Waals surface area contributed by atoms with E-state index in [0.29, 0.717) is 0 Å². The summed E-state index contributed by atoms with van der Waals surface area (Å²) in [6, 6.07) is 21.2. The van der Waals surface area contributed by atoms with Gasteiger partial charge in [0, 0.05) is 25.2 Å². The zero-order chi connectivity index (χ0) is 19.4. The average Bonchev–Trinajstić information content (AvgIpc) is 2.55. The first-order chi connectivity index (χ1) is 12.4. The molecule has 2 aromatic carbocycles. The Kier molecular flexibility index (Phi) is 10.8. The van der Waals surface area contributed by atoms with E-state index in [9.17, 15) is 0 Å². The third-order valence-corrected chi connectivity index (χ3v) is 3.88. The van der Waals surface area contributed by atoms with Gasteiger partial charge in [-0.15, -0.1) is 0 Å². The summed E-state index contributed by atoms with van der Waals surface area (Å²) in [4.78, 5) is 4.24. The monoisotopic (exact) mass is 356 g/mol. The van der Waals surface area contributed by atoms with E-state index >= 15 is 0 Å². The Morgan fingerprint density at radius 2 is 0.923 bits per heavy atom. The molecule has 0 aliphatic heterocycles. The van der Waals surface area contributed by atoms with Crippen molar-refractivity contribution in [2.24, 2.45) is 11.5 Å². The largest absolute Gasteiger partial charge is 0.326 e. The molecule has 2 aromatic rings. The van der Waals surface area contributed by atoms with Gasteiger partial charge in [-0.25, -0.2) is 0 Å². The van der Waals surface area contributed by atoms with E-state index in [2.05, 4.69) is 58.3 Å². The number of benzene rings is 2. The molecule has 0 aromatic heterocycles. The van der Waals surface area contributed by atoms with Crippen LogP contribution in [0.2, 0.25) is 0 Å². The average molecular weight is 357 g/mol. The van der Waals surface area contributed by atoms with E-state index in [1.807, 2.05) is 40.3 Å². The van der Waals surface area contributed by atoms with Crippen molar-refractivity contribution in [3.05, 3.63) is 71.8 Å². The molecule has 0 saturated carbocycles. The zero-order valence-electron chi connectivity index (χ0n) is 16.8. The van der Waals surface area contributed by atoms with Crippen LogP contribution in [0.5, 0.6) is 0 Å². The molecule has 4 nitrogen and oxygen atoms in total. The van der Waals surface area contributed by atoms with Gasteiger partial charge < -0.3 is 21.3 Å². The van der Waals surface area contributed by atoms with Gasteiger partial charge in [-0.3, -0.25) is 0 Å². The molecule has 0 fully saturated rings. The first-order valence-corrected chi connectivity index (χ1v) is 9.25. The van der Waals surface area contributed by atoms with Gasteiger partial charge in [0.05, 0.1) is 0 Å². The fourth-order valence-corrected chi connectivity index (χ4v) is 2.90. The third kappa shape index (κ3) is 11.0. The van der Waals surface area contributed by atoms with Gasteiger partial charge in [-0.1, -0.05) is 60.7 Å². The Labute approximate surface area is 159 Å². The molecule has 1 unspecified atom stereocenters. The van der Waals surface area contributed by atoms with E-state index in [0.717, 1.165) is 25.9 Å². The summed E-state index contributed by atoms with van der Waals surface area (Å²) in [5.74, 6) is 0. The number of hydrogen-bond acceptors (Lipinski definition) is 4. The number of nitrogens with zero attached hydrogens (tertiary/aromatic N) is 2. The second-order valence-corrected chi connectivity index (χ2v) is 7.42. The van der Waals surface area contributed by atoms with Gasteiger partial charge in [0.25, 0.3) is 0 Å². The Hall–Kier alpha value is -1.72. The molecular weight excluding hydrogens is 320 g/mol. The van der Waals surface area contributed by atoms with Crippen molar-refractivity contribution < 1.29 is 0 Å². The molecule has 144 valence electrons. The standard InChI is InChI=1S/2C11H18N2/c2*1-13(2)9-11(12)8-10-6-4-3-5-7-10/h2*3-7,11H,8-9,12H2,1-2H3/t11-;/m1./s1. The van der Waals surface area contributed by atoms with E-state index < -0.39 is 0 Å². The summed E-state index contributed by atoms with van der Waals surface area (Å²) >= 11 is 0. The van der Waals surface area contributed by atoms with Crippen molar-refractivity contribution >= 4 is 0 Å². The van der Waals surface area contributed by atoms with Gasteiger partial charge in [0.2, 0.25) is 0 Å². The summed E-state index contributed by atoms with van der Waals surface area (Å²) in [6.45, 7) is 1.88. The zero-order valence-corrected chi connectivity index (χ0v) is 16.8. The van der Waals surface area contributed by atoms with Gasteiger partial charge in [-0.05, 0) is 52.2 Å². The summed E-state index contributed by atoms with van der Waals surface area (Å²) in [7, 11) is 8.19. The molecule has 26 heavy (non-hydrogen) atoms. The molecule has 0 bridgehead atoms. The van der Waals surface area contributed by atoms with E-state index in [-0.39, 0.29) is 12.1 Å². The predicted molar refractivity (Wildman–Crippen MR) is 113 cm³/mol. The molecule has 2 rings (SSSR count). The van der Waals surface area contributed by atoms with Crippen LogP contribution >= 0.6 is 0 Å². The van der Waals surface area contributed by atoms with Crippen molar-refractivity contribution in [2.75, 3.05) is 41.3 Å². The number of hydrogen-bond donors (Lipinski definition) is 2. The molecule has 0 saturated heterocycles. The molecular formula is C22H36N4. The van der Waals surface area contributed by atoms with Crippen LogP contribution in [0.4, 0.5) is 0 Å². The highest BCUT2D eigenvalue weighted by atomic mass is 15.1. The first kappa shape index (κ1) is 22.3. The Morgan fingerprint density at radius 1 is 0.615 bits per heavy atom. The van der Waals surface area contributed by atoms with Crippen molar-refractivity contribution in [2.45, 2.75) is 24.9 Å². The van der Waals surface area contributed by atoms with Crippen molar-refractivity contribution in [3.8, 4) is 0 Å². The highest BCUT2D eigenvalue weighted by molar-refractivity contribution is 5.16. The molecule has 4 N–H and O–H groups in total. The Bertz CT molecular complexity index is 516. The van der Waals surface area contributed by atoms with Gasteiger partial charge >= 0.3 is 0 Å². The van der Waals surface area contributed by atoms with E-state index in [4.69, 9.17) is 11.5 Å². The molecule has 0 aliphatic carbocycles. The predicted octanol–water partition coefficient (Wildman–Crippen LogP) is 2.24. The maximum absolute atomic E-state index is 5.96. The third-order valence-electron chi connectivity index (χ3n) is 3.88. The maximum Gasteiger partial charge on any atom is 0.0208 e. The lowest BCUT2D eigenvalue weighted by molar-refractivity contribution is 0.371. The summed E-state index contributed by atoms with van der Waals surface area (Å²) < 4.78 is 0. The molecule has 2 atom stereocenters. The van der Waals surface area contributed by atoms with Crippen molar-refractivity contribution in [1.82, 2.24) is 9.80 Å². The van der Waals surface area contributed by atoms with E-state index in [1.54, 1.807) is 0 Å². The number of nitrogens with two attached hydrogens (primary N) is 2. The first-order valence-electron chi connectivity index (χ1n) is 9.25. The van der Waals surface area contributed by atoms with E-state index in [1.165, 1.54) is 11.1 Å². The summed E-state index contributed by atoms with van der Waals surface area (Å²) in [5, 5.41) is 0. The second kappa shape index (κ2) is 12.6. The Morgan fingerprint density at radius 3 is 1.19 bits per heavy atom. The maximum atomic E-state index is 5.96. The van der Waals surface area contributed by atoms with Crippen LogP contribution in [-0.2, 0) is 12.8 Å². The summed E-state index contributed by atoms with van der Waals surface area (Å²) in [6.07, 6.45) is 1.91. The number of rotatable bonds is 8. The van der Waals surface area contributed by atoms with Crippen molar-refractivity contribution in [1.29, 1.82) is 0 Å². The molecule has 0 radical (unpaired) electrons. The molecule has 0 aliphatic rings. The molecule has 0 spiro atoms.